The molecule has 0 amide bonds. The van der Waals surface area contributed by atoms with Crippen molar-refractivity contribution in [2.75, 3.05) is 26.3 Å². The lowest BCUT2D eigenvalue weighted by Gasteiger charge is -2.42. The van der Waals surface area contributed by atoms with E-state index in [4.69, 9.17) is 9.47 Å². The Hall–Kier alpha value is -0.970. The highest BCUT2D eigenvalue weighted by molar-refractivity contribution is 5.07. The van der Waals surface area contributed by atoms with E-state index in [0.717, 1.165) is 38.3 Å². The molecule has 3 rings (SSSR count). The van der Waals surface area contributed by atoms with Gasteiger partial charge in [0.15, 0.2) is 0 Å². The van der Waals surface area contributed by atoms with Crippen LogP contribution in [0.1, 0.15) is 12.0 Å². The summed E-state index contributed by atoms with van der Waals surface area (Å²) in [5.41, 5.74) is 1.21. The van der Waals surface area contributed by atoms with Crippen LogP contribution < -0.4 is 5.32 Å². The Bertz CT molecular complexity index is 365. The molecule has 3 heterocycles. The lowest BCUT2D eigenvalue weighted by Crippen LogP contribution is -2.63. The highest BCUT2D eigenvalue weighted by atomic mass is 16.5. The third-order valence-electron chi connectivity index (χ3n) is 3.76. The van der Waals surface area contributed by atoms with E-state index in [9.17, 15) is 0 Å². The van der Waals surface area contributed by atoms with Crippen molar-refractivity contribution >= 4 is 0 Å². The number of pyridine rings is 1. The van der Waals surface area contributed by atoms with E-state index < -0.39 is 0 Å². The largest absolute Gasteiger partial charge is 0.376 e. The van der Waals surface area contributed by atoms with Gasteiger partial charge in [-0.3, -0.25) is 4.98 Å². The summed E-state index contributed by atoms with van der Waals surface area (Å²) in [6.07, 6.45) is 4.75. The van der Waals surface area contributed by atoms with Crippen LogP contribution in [0.3, 0.4) is 0 Å². The highest BCUT2D eigenvalue weighted by Crippen LogP contribution is 2.35. The van der Waals surface area contributed by atoms with Gasteiger partial charge in [0.25, 0.3) is 0 Å². The summed E-state index contributed by atoms with van der Waals surface area (Å²) in [5.74, 6) is 0.542. The zero-order chi connectivity index (χ0) is 11.6. The molecule has 1 unspecified atom stereocenters. The Morgan fingerprint density at radius 1 is 1.53 bits per heavy atom. The van der Waals surface area contributed by atoms with E-state index in [1.165, 1.54) is 0 Å². The van der Waals surface area contributed by atoms with Gasteiger partial charge in [0.1, 0.15) is 0 Å². The fraction of sp³-hybridized carbons (Fsp3) is 0.615. The average molecular weight is 234 g/mol. The maximum atomic E-state index is 5.84. The normalized spacial score (nSPS) is 26.0. The Balaban J connectivity index is 1.48. The van der Waals surface area contributed by atoms with Crippen molar-refractivity contribution < 1.29 is 9.47 Å². The standard InChI is InChI=1S/C13H18N2O2/c1-2-11(6-14-4-1)7-16-8-12-3-5-17-13(12)9-15-10-13/h1-2,4,6,12,15H,3,5,7-10H2. The summed E-state index contributed by atoms with van der Waals surface area (Å²) in [5, 5.41) is 3.29. The highest BCUT2D eigenvalue weighted by Gasteiger charge is 2.48. The molecule has 0 aromatic carbocycles. The first kappa shape index (κ1) is 11.1. The summed E-state index contributed by atoms with van der Waals surface area (Å²) in [6, 6.07) is 3.98. The van der Waals surface area contributed by atoms with Crippen molar-refractivity contribution in [2.45, 2.75) is 18.6 Å². The number of hydrogen-bond donors (Lipinski definition) is 1. The van der Waals surface area contributed by atoms with Crippen molar-refractivity contribution in [3.8, 4) is 0 Å². The Morgan fingerprint density at radius 3 is 3.18 bits per heavy atom. The van der Waals surface area contributed by atoms with Gasteiger partial charge in [-0.2, -0.15) is 0 Å². The molecule has 17 heavy (non-hydrogen) atoms. The van der Waals surface area contributed by atoms with Crippen molar-refractivity contribution in [3.05, 3.63) is 30.1 Å². The molecular formula is C13H18N2O2. The number of nitrogens with zero attached hydrogens (tertiary/aromatic N) is 1. The van der Waals surface area contributed by atoms with E-state index in [-0.39, 0.29) is 5.60 Å². The maximum Gasteiger partial charge on any atom is 0.0980 e. The SMILES string of the molecule is c1cncc(COCC2CCOC23CNC3)c1. The minimum atomic E-state index is 0.0783. The van der Waals surface area contributed by atoms with Gasteiger partial charge >= 0.3 is 0 Å². The molecule has 1 aromatic rings. The number of aromatic nitrogens is 1. The molecule has 0 radical (unpaired) electrons. The topological polar surface area (TPSA) is 43.4 Å². The molecule has 1 N–H and O–H groups in total. The van der Waals surface area contributed by atoms with Gasteiger partial charge in [-0.1, -0.05) is 6.07 Å². The molecule has 0 bridgehead atoms. The first-order valence-electron chi connectivity index (χ1n) is 6.20. The van der Waals surface area contributed by atoms with Crippen LogP contribution in [0.15, 0.2) is 24.5 Å². The van der Waals surface area contributed by atoms with E-state index in [1.54, 1.807) is 6.20 Å². The third kappa shape index (κ3) is 2.20. The number of nitrogens with one attached hydrogen (secondary N) is 1. The fourth-order valence-electron chi connectivity index (χ4n) is 2.59. The molecule has 1 atom stereocenters. The van der Waals surface area contributed by atoms with Gasteiger partial charge in [0.05, 0.1) is 18.8 Å². The first-order valence-corrected chi connectivity index (χ1v) is 6.20. The van der Waals surface area contributed by atoms with Crippen molar-refractivity contribution in [3.63, 3.8) is 0 Å². The van der Waals surface area contributed by atoms with Crippen molar-refractivity contribution in [1.82, 2.24) is 10.3 Å². The van der Waals surface area contributed by atoms with Crippen molar-refractivity contribution in [2.24, 2.45) is 5.92 Å². The Morgan fingerprint density at radius 2 is 2.47 bits per heavy atom. The molecule has 0 aliphatic carbocycles. The summed E-state index contributed by atoms with van der Waals surface area (Å²) in [7, 11) is 0. The predicted octanol–water partition coefficient (Wildman–Crippen LogP) is 0.977. The monoisotopic (exact) mass is 234 g/mol. The lowest BCUT2D eigenvalue weighted by atomic mass is 9.83. The average Bonchev–Trinajstić information content (AvgIpc) is 2.74. The van der Waals surface area contributed by atoms with Crippen LogP contribution >= 0.6 is 0 Å². The predicted molar refractivity (Wildman–Crippen MR) is 63.6 cm³/mol. The van der Waals surface area contributed by atoms with Gasteiger partial charge in [0, 0.05) is 38.0 Å². The van der Waals surface area contributed by atoms with Crippen LogP contribution in [-0.4, -0.2) is 36.9 Å². The van der Waals surface area contributed by atoms with Crippen LogP contribution in [-0.2, 0) is 16.1 Å². The van der Waals surface area contributed by atoms with Gasteiger partial charge in [0.2, 0.25) is 0 Å². The molecule has 4 nitrogen and oxygen atoms in total. The number of rotatable bonds is 4. The van der Waals surface area contributed by atoms with Crippen LogP contribution in [0.25, 0.3) is 0 Å². The molecule has 1 aromatic heterocycles. The molecule has 2 saturated heterocycles. The number of ether oxygens (including phenoxy) is 2. The second-order valence-electron chi connectivity index (χ2n) is 4.88. The van der Waals surface area contributed by atoms with E-state index in [1.807, 2.05) is 18.3 Å². The minimum Gasteiger partial charge on any atom is -0.376 e. The smallest absolute Gasteiger partial charge is 0.0980 e. The van der Waals surface area contributed by atoms with Gasteiger partial charge < -0.3 is 14.8 Å². The molecule has 0 saturated carbocycles. The lowest BCUT2D eigenvalue weighted by molar-refractivity contribution is -0.0802. The van der Waals surface area contributed by atoms with Gasteiger partial charge in [-0.15, -0.1) is 0 Å². The van der Waals surface area contributed by atoms with E-state index >= 15 is 0 Å². The summed E-state index contributed by atoms with van der Waals surface area (Å²) >= 11 is 0. The van der Waals surface area contributed by atoms with E-state index in [0.29, 0.717) is 12.5 Å². The first-order chi connectivity index (χ1) is 8.39. The van der Waals surface area contributed by atoms with Gasteiger partial charge in [-0.05, 0) is 18.1 Å². The molecular weight excluding hydrogens is 216 g/mol. The third-order valence-corrected chi connectivity index (χ3v) is 3.76. The molecule has 2 fully saturated rings. The molecule has 4 heteroatoms. The zero-order valence-corrected chi connectivity index (χ0v) is 9.89. The van der Waals surface area contributed by atoms with Crippen molar-refractivity contribution in [1.29, 1.82) is 0 Å². The second kappa shape index (κ2) is 4.72. The molecule has 2 aliphatic rings. The van der Waals surface area contributed by atoms with E-state index in [2.05, 4.69) is 10.3 Å². The number of hydrogen-bond acceptors (Lipinski definition) is 4. The minimum absolute atomic E-state index is 0.0783. The van der Waals surface area contributed by atoms with Crippen LogP contribution in [0.5, 0.6) is 0 Å². The van der Waals surface area contributed by atoms with Crippen LogP contribution in [0.4, 0.5) is 0 Å². The molecule has 1 spiro atoms. The fourth-order valence-corrected chi connectivity index (χ4v) is 2.59. The van der Waals surface area contributed by atoms with Crippen LogP contribution in [0.2, 0.25) is 0 Å². The summed E-state index contributed by atoms with van der Waals surface area (Å²) in [4.78, 5) is 4.08. The Labute approximate surface area is 101 Å². The maximum absolute atomic E-state index is 5.84. The molecule has 2 aliphatic heterocycles. The summed E-state index contributed by atoms with van der Waals surface area (Å²) in [6.45, 7) is 4.27. The summed E-state index contributed by atoms with van der Waals surface area (Å²) < 4.78 is 11.6. The molecule has 92 valence electrons. The quantitative estimate of drug-likeness (QED) is 0.843. The Kier molecular flexibility index (Phi) is 3.09. The van der Waals surface area contributed by atoms with Crippen LogP contribution in [0, 0.1) is 5.92 Å². The van der Waals surface area contributed by atoms with Gasteiger partial charge in [-0.25, -0.2) is 0 Å². The zero-order valence-electron chi connectivity index (χ0n) is 9.89. The second-order valence-corrected chi connectivity index (χ2v) is 4.88.